The van der Waals surface area contributed by atoms with Gasteiger partial charge in [0.25, 0.3) is 0 Å². The number of hydrogen-bond donors (Lipinski definition) is 0. The second kappa shape index (κ2) is 58.4. The van der Waals surface area contributed by atoms with Gasteiger partial charge in [-0.05, 0) is 89.9 Å². The molecule has 6 heteroatoms. The molecule has 0 amide bonds. The van der Waals surface area contributed by atoms with Crippen LogP contribution < -0.4 is 0 Å². The molecule has 0 aliphatic rings. The zero-order chi connectivity index (χ0) is 50.7. The van der Waals surface area contributed by atoms with Crippen molar-refractivity contribution in [3.05, 3.63) is 72.9 Å². The number of unbranched alkanes of at least 4 members (excludes halogenated alkanes) is 31. The molecule has 0 heterocycles. The van der Waals surface area contributed by atoms with Crippen molar-refractivity contribution in [1.29, 1.82) is 0 Å². The average molecular weight is 978 g/mol. The molecule has 1 atom stereocenters. The Kier molecular flexibility index (Phi) is 55.8. The van der Waals surface area contributed by atoms with Crippen molar-refractivity contribution in [2.24, 2.45) is 0 Å². The third-order valence-corrected chi connectivity index (χ3v) is 12.9. The quantitative estimate of drug-likeness (QED) is 0.0261. The van der Waals surface area contributed by atoms with Crippen LogP contribution in [-0.2, 0) is 28.6 Å². The van der Waals surface area contributed by atoms with Gasteiger partial charge >= 0.3 is 17.9 Å². The Morgan fingerprint density at radius 3 is 0.900 bits per heavy atom. The first-order valence-corrected chi connectivity index (χ1v) is 29.9. The van der Waals surface area contributed by atoms with E-state index in [-0.39, 0.29) is 31.1 Å². The molecule has 70 heavy (non-hydrogen) atoms. The fourth-order valence-corrected chi connectivity index (χ4v) is 8.47. The molecular formula is C64H112O6. The van der Waals surface area contributed by atoms with Crippen molar-refractivity contribution in [1.82, 2.24) is 0 Å². The minimum atomic E-state index is -0.792. The van der Waals surface area contributed by atoms with Crippen LogP contribution in [0.3, 0.4) is 0 Å². The molecule has 0 aliphatic heterocycles. The summed E-state index contributed by atoms with van der Waals surface area (Å²) >= 11 is 0. The predicted octanol–water partition coefficient (Wildman–Crippen LogP) is 20.2. The number of rotatable bonds is 54. The highest BCUT2D eigenvalue weighted by molar-refractivity contribution is 5.71. The summed E-state index contributed by atoms with van der Waals surface area (Å²) in [6.07, 6.45) is 74.7. The van der Waals surface area contributed by atoms with Gasteiger partial charge in [-0.2, -0.15) is 0 Å². The number of hydrogen-bond acceptors (Lipinski definition) is 6. The van der Waals surface area contributed by atoms with Gasteiger partial charge in [-0.3, -0.25) is 14.4 Å². The standard InChI is InChI=1S/C64H112O6/c1-4-7-10-13-16-19-22-25-27-29-31-32-34-35-37-39-42-45-48-51-54-57-63(66)69-60-61(59-68-62(65)56-53-50-47-44-41-24-21-18-15-12-9-6-3)70-64(67)58-55-52-49-46-43-40-38-36-33-30-28-26-23-20-17-14-11-8-5-2/h8,11,17,20,26,28-29,31,33,36,40,43,61H,4-7,9-10,12-16,18-19,21-25,27,30,32,34-35,37-39,41-42,44-60H2,1-3H3/b11-8-,20-17-,28-26-,31-29-,36-33-,43-40-. The van der Waals surface area contributed by atoms with Crippen molar-refractivity contribution in [3.8, 4) is 0 Å². The van der Waals surface area contributed by atoms with E-state index in [4.69, 9.17) is 14.2 Å². The highest BCUT2D eigenvalue weighted by Gasteiger charge is 2.19. The summed E-state index contributed by atoms with van der Waals surface area (Å²) in [5.74, 6) is -0.911. The van der Waals surface area contributed by atoms with E-state index in [2.05, 4.69) is 93.7 Å². The fraction of sp³-hybridized carbons (Fsp3) is 0.766. The number of carbonyl (C=O) groups excluding carboxylic acids is 3. The fourth-order valence-electron chi connectivity index (χ4n) is 8.47. The molecule has 0 spiro atoms. The highest BCUT2D eigenvalue weighted by atomic mass is 16.6. The molecule has 1 unspecified atom stereocenters. The van der Waals surface area contributed by atoms with Gasteiger partial charge in [0, 0.05) is 19.3 Å². The first-order valence-electron chi connectivity index (χ1n) is 29.9. The van der Waals surface area contributed by atoms with Crippen LogP contribution in [0.1, 0.15) is 297 Å². The molecule has 0 aromatic rings. The van der Waals surface area contributed by atoms with E-state index in [0.29, 0.717) is 19.3 Å². The van der Waals surface area contributed by atoms with Crippen LogP contribution in [0.2, 0.25) is 0 Å². The van der Waals surface area contributed by atoms with Crippen molar-refractivity contribution < 1.29 is 28.6 Å². The first kappa shape index (κ1) is 66.9. The summed E-state index contributed by atoms with van der Waals surface area (Å²) in [5, 5.41) is 0. The molecule has 0 aliphatic carbocycles. The molecule has 0 aromatic heterocycles. The molecule has 0 fully saturated rings. The number of allylic oxidation sites excluding steroid dienone is 12. The van der Waals surface area contributed by atoms with Gasteiger partial charge in [-0.1, -0.05) is 261 Å². The smallest absolute Gasteiger partial charge is 0.306 e. The van der Waals surface area contributed by atoms with Gasteiger partial charge in [0.1, 0.15) is 13.2 Å². The van der Waals surface area contributed by atoms with E-state index in [1.165, 1.54) is 161 Å². The van der Waals surface area contributed by atoms with E-state index in [0.717, 1.165) is 96.3 Å². The number of esters is 3. The van der Waals surface area contributed by atoms with Crippen LogP contribution >= 0.6 is 0 Å². The van der Waals surface area contributed by atoms with Gasteiger partial charge in [-0.15, -0.1) is 0 Å². The average Bonchev–Trinajstić information content (AvgIpc) is 3.36. The second-order valence-corrected chi connectivity index (χ2v) is 19.9. The summed E-state index contributed by atoms with van der Waals surface area (Å²) < 4.78 is 16.9. The normalized spacial score (nSPS) is 12.6. The third-order valence-electron chi connectivity index (χ3n) is 12.9. The maximum Gasteiger partial charge on any atom is 0.306 e. The number of ether oxygens (including phenoxy) is 3. The lowest BCUT2D eigenvalue weighted by molar-refractivity contribution is -0.167. The molecule has 0 radical (unpaired) electrons. The van der Waals surface area contributed by atoms with Crippen LogP contribution in [0.25, 0.3) is 0 Å². The molecule has 0 N–H and O–H groups in total. The Bertz CT molecular complexity index is 1310. The van der Waals surface area contributed by atoms with E-state index in [9.17, 15) is 14.4 Å². The molecule has 404 valence electrons. The maximum atomic E-state index is 12.9. The summed E-state index contributed by atoms with van der Waals surface area (Å²) in [6.45, 7) is 6.52. The van der Waals surface area contributed by atoms with Crippen molar-refractivity contribution >= 4 is 17.9 Å². The minimum absolute atomic E-state index is 0.0871. The van der Waals surface area contributed by atoms with Gasteiger partial charge in [0.05, 0.1) is 0 Å². The van der Waals surface area contributed by atoms with Crippen LogP contribution in [0.5, 0.6) is 0 Å². The summed E-state index contributed by atoms with van der Waals surface area (Å²) in [6, 6.07) is 0. The van der Waals surface area contributed by atoms with Crippen LogP contribution in [0.4, 0.5) is 0 Å². The predicted molar refractivity (Wildman–Crippen MR) is 302 cm³/mol. The summed E-state index contributed by atoms with van der Waals surface area (Å²) in [5.41, 5.74) is 0. The topological polar surface area (TPSA) is 78.9 Å². The van der Waals surface area contributed by atoms with Crippen molar-refractivity contribution in [3.63, 3.8) is 0 Å². The van der Waals surface area contributed by atoms with E-state index in [1.807, 2.05) is 0 Å². The molecule has 0 saturated carbocycles. The van der Waals surface area contributed by atoms with E-state index < -0.39 is 6.10 Å². The zero-order valence-corrected chi connectivity index (χ0v) is 46.3. The maximum absolute atomic E-state index is 12.9. The molecule has 0 rings (SSSR count). The lowest BCUT2D eigenvalue weighted by Gasteiger charge is -2.18. The second-order valence-electron chi connectivity index (χ2n) is 19.9. The zero-order valence-electron chi connectivity index (χ0n) is 46.3. The Hall–Kier alpha value is -3.15. The summed E-state index contributed by atoms with van der Waals surface area (Å²) in [4.78, 5) is 38.2. The molecule has 6 nitrogen and oxygen atoms in total. The third kappa shape index (κ3) is 55.8. The Morgan fingerprint density at radius 1 is 0.300 bits per heavy atom. The molecular weight excluding hydrogens is 865 g/mol. The van der Waals surface area contributed by atoms with Crippen LogP contribution in [-0.4, -0.2) is 37.2 Å². The van der Waals surface area contributed by atoms with Crippen LogP contribution in [0, 0.1) is 0 Å². The van der Waals surface area contributed by atoms with Crippen molar-refractivity contribution in [2.75, 3.05) is 13.2 Å². The Labute approximate surface area is 433 Å². The molecule has 0 bridgehead atoms. The largest absolute Gasteiger partial charge is 0.462 e. The van der Waals surface area contributed by atoms with E-state index in [1.54, 1.807) is 0 Å². The Balaban J connectivity index is 4.38. The monoisotopic (exact) mass is 977 g/mol. The van der Waals surface area contributed by atoms with Crippen LogP contribution in [0.15, 0.2) is 72.9 Å². The van der Waals surface area contributed by atoms with Gasteiger partial charge in [0.15, 0.2) is 6.10 Å². The first-order chi connectivity index (χ1) is 34.5. The SMILES string of the molecule is CC/C=C\C/C=C\C/C=C\C/C=C\C/C=C\CCCCCC(=O)OC(COC(=O)CCCCCCCCCCC/C=C\CCCCCCCCCC)COC(=O)CCCCCCCCCCCCCC. The Morgan fingerprint density at radius 2 is 0.557 bits per heavy atom. The van der Waals surface area contributed by atoms with Crippen molar-refractivity contribution in [2.45, 2.75) is 303 Å². The lowest BCUT2D eigenvalue weighted by Crippen LogP contribution is -2.30. The van der Waals surface area contributed by atoms with Gasteiger partial charge in [-0.25, -0.2) is 0 Å². The minimum Gasteiger partial charge on any atom is -0.462 e. The highest BCUT2D eigenvalue weighted by Crippen LogP contribution is 2.16. The number of carbonyl (C=O) groups is 3. The summed E-state index contributed by atoms with van der Waals surface area (Å²) in [7, 11) is 0. The van der Waals surface area contributed by atoms with E-state index >= 15 is 0 Å². The van der Waals surface area contributed by atoms with Gasteiger partial charge in [0.2, 0.25) is 0 Å². The lowest BCUT2D eigenvalue weighted by atomic mass is 10.0. The molecule has 0 saturated heterocycles. The van der Waals surface area contributed by atoms with Gasteiger partial charge < -0.3 is 14.2 Å². The molecule has 0 aromatic carbocycles.